The average molecular weight is 389 g/mol. The van der Waals surface area contributed by atoms with Crippen LogP contribution in [0.2, 0.25) is 0 Å². The van der Waals surface area contributed by atoms with E-state index in [2.05, 4.69) is 21.6 Å². The van der Waals surface area contributed by atoms with Gasteiger partial charge in [-0.1, -0.05) is 12.1 Å². The summed E-state index contributed by atoms with van der Waals surface area (Å²) in [5, 5.41) is 16.5. The molecule has 9 heteroatoms. The first-order valence-electron chi connectivity index (χ1n) is 8.19. The minimum absolute atomic E-state index is 0. The molecule has 0 atom stereocenters. The van der Waals surface area contributed by atoms with Crippen LogP contribution >= 0.6 is 12.4 Å². The maximum absolute atomic E-state index is 10.6. The van der Waals surface area contributed by atoms with Gasteiger partial charge in [0.1, 0.15) is 5.75 Å². The van der Waals surface area contributed by atoms with Crippen LogP contribution in [0.1, 0.15) is 12.0 Å². The summed E-state index contributed by atoms with van der Waals surface area (Å²) < 4.78 is 10.6. The third kappa shape index (κ3) is 11.5. The summed E-state index contributed by atoms with van der Waals surface area (Å²) in [7, 11) is 5.63. The van der Waals surface area contributed by atoms with Crippen molar-refractivity contribution in [3.05, 3.63) is 52.0 Å². The number of nitrogens with zero attached hydrogens (tertiary/aromatic N) is 2. The largest absolute Gasteiger partial charge is 0.494 e. The van der Waals surface area contributed by atoms with Crippen LogP contribution in [-0.2, 0) is 11.3 Å². The van der Waals surface area contributed by atoms with Crippen molar-refractivity contribution in [1.82, 2.24) is 15.5 Å². The predicted octanol–water partition coefficient (Wildman–Crippen LogP) is 1.84. The monoisotopic (exact) mass is 388 g/mol. The molecule has 0 bridgehead atoms. The van der Waals surface area contributed by atoms with Crippen molar-refractivity contribution in [2.75, 3.05) is 47.5 Å². The van der Waals surface area contributed by atoms with Crippen molar-refractivity contribution in [2.24, 2.45) is 0 Å². The highest BCUT2D eigenvalue weighted by atomic mass is 35.5. The van der Waals surface area contributed by atoms with E-state index in [9.17, 15) is 10.1 Å². The van der Waals surface area contributed by atoms with E-state index in [0.29, 0.717) is 32.1 Å². The Bertz CT molecular complexity index is 555. The first-order chi connectivity index (χ1) is 12.0. The van der Waals surface area contributed by atoms with Crippen molar-refractivity contribution in [1.29, 1.82) is 0 Å². The fourth-order valence-corrected chi connectivity index (χ4v) is 2.13. The van der Waals surface area contributed by atoms with Crippen LogP contribution in [0.5, 0.6) is 5.75 Å². The number of benzene rings is 1. The molecular weight excluding hydrogens is 360 g/mol. The summed E-state index contributed by atoms with van der Waals surface area (Å²) in [6.07, 6.45) is 1.64. The maximum Gasteiger partial charge on any atom is 0.274 e. The Kier molecular flexibility index (Phi) is 13.1. The summed E-state index contributed by atoms with van der Waals surface area (Å²) >= 11 is 0. The number of halogens is 1. The molecule has 0 fully saturated rings. The van der Waals surface area contributed by atoms with E-state index >= 15 is 0 Å². The lowest BCUT2D eigenvalue weighted by molar-refractivity contribution is -0.404. The Hall–Kier alpha value is -2.03. The Morgan fingerprint density at radius 2 is 2.00 bits per heavy atom. The zero-order chi connectivity index (χ0) is 18.5. The minimum atomic E-state index is -0.491. The third-order valence-corrected chi connectivity index (χ3v) is 3.16. The molecule has 0 aliphatic carbocycles. The molecular formula is C17H29ClN4O4. The number of nitro groups is 1. The lowest BCUT2D eigenvalue weighted by Gasteiger charge is -2.13. The molecule has 2 N–H and O–H groups in total. The number of hydrogen-bond acceptors (Lipinski definition) is 7. The summed E-state index contributed by atoms with van der Waals surface area (Å²) in [4.78, 5) is 12.2. The highest BCUT2D eigenvalue weighted by Crippen LogP contribution is 2.14. The smallest absolute Gasteiger partial charge is 0.274 e. The number of methoxy groups -OCH3 is 1. The van der Waals surface area contributed by atoms with Gasteiger partial charge in [-0.15, -0.1) is 12.4 Å². The Labute approximate surface area is 161 Å². The Morgan fingerprint density at radius 3 is 2.65 bits per heavy atom. The van der Waals surface area contributed by atoms with Crippen molar-refractivity contribution in [3.63, 3.8) is 0 Å². The van der Waals surface area contributed by atoms with Crippen LogP contribution in [-0.4, -0.2) is 57.3 Å². The molecule has 1 aromatic rings. The number of nitrogens with one attached hydrogen (secondary N) is 2. The van der Waals surface area contributed by atoms with Gasteiger partial charge in [-0.25, -0.2) is 0 Å². The van der Waals surface area contributed by atoms with Crippen molar-refractivity contribution < 1.29 is 14.4 Å². The van der Waals surface area contributed by atoms with E-state index in [1.54, 1.807) is 7.11 Å². The van der Waals surface area contributed by atoms with Gasteiger partial charge in [-0.2, -0.15) is 0 Å². The predicted molar refractivity (Wildman–Crippen MR) is 104 cm³/mol. The zero-order valence-electron chi connectivity index (χ0n) is 15.6. The lowest BCUT2D eigenvalue weighted by Crippen LogP contribution is -2.30. The summed E-state index contributed by atoms with van der Waals surface area (Å²) in [5.41, 5.74) is 1.19. The van der Waals surface area contributed by atoms with Crippen LogP contribution in [0.15, 0.2) is 36.3 Å². The molecule has 0 aliphatic rings. The standard InChI is InChI=1S/C17H28N4O4.ClH/c1-20(2)13-15-6-4-7-16(12-15)25-10-5-8-18-17(14-21(22)23)19-9-11-24-3;/h4,6-7,12,14,18-19H,5,8-11,13H2,1-3H3;1H/b17-14-;. The summed E-state index contributed by atoms with van der Waals surface area (Å²) in [6.45, 7) is 2.93. The van der Waals surface area contributed by atoms with Crippen LogP contribution in [0.3, 0.4) is 0 Å². The van der Waals surface area contributed by atoms with E-state index in [-0.39, 0.29) is 12.4 Å². The first kappa shape index (κ1) is 24.0. The number of ether oxygens (including phenoxy) is 2. The van der Waals surface area contributed by atoms with Crippen LogP contribution in [0.25, 0.3) is 0 Å². The minimum Gasteiger partial charge on any atom is -0.494 e. The molecule has 0 heterocycles. The van der Waals surface area contributed by atoms with E-state index in [0.717, 1.165) is 24.9 Å². The lowest BCUT2D eigenvalue weighted by atomic mass is 10.2. The van der Waals surface area contributed by atoms with Gasteiger partial charge in [-0.3, -0.25) is 10.1 Å². The summed E-state index contributed by atoms with van der Waals surface area (Å²) in [6, 6.07) is 7.99. The van der Waals surface area contributed by atoms with Crippen LogP contribution in [0.4, 0.5) is 0 Å². The van der Waals surface area contributed by atoms with Gasteiger partial charge in [0.15, 0.2) is 5.82 Å². The molecule has 0 radical (unpaired) electrons. The van der Waals surface area contributed by atoms with Gasteiger partial charge >= 0.3 is 0 Å². The molecule has 0 aliphatic heterocycles. The highest BCUT2D eigenvalue weighted by molar-refractivity contribution is 5.85. The normalized spacial score (nSPS) is 11.0. The van der Waals surface area contributed by atoms with Crippen LogP contribution < -0.4 is 15.4 Å². The van der Waals surface area contributed by atoms with E-state index in [1.807, 2.05) is 32.3 Å². The van der Waals surface area contributed by atoms with Gasteiger partial charge in [0, 0.05) is 26.7 Å². The van der Waals surface area contributed by atoms with E-state index in [1.165, 1.54) is 5.56 Å². The number of hydrogen-bond donors (Lipinski definition) is 2. The molecule has 1 aromatic carbocycles. The fourth-order valence-electron chi connectivity index (χ4n) is 2.13. The van der Waals surface area contributed by atoms with Crippen LogP contribution in [0, 0.1) is 10.1 Å². The molecule has 0 amide bonds. The third-order valence-electron chi connectivity index (χ3n) is 3.16. The topological polar surface area (TPSA) is 88.9 Å². The number of rotatable bonds is 13. The molecule has 1 rings (SSSR count). The van der Waals surface area contributed by atoms with Gasteiger partial charge in [0.05, 0.1) is 18.1 Å². The molecule has 0 spiro atoms. The second-order valence-corrected chi connectivity index (χ2v) is 5.76. The average Bonchev–Trinajstić information content (AvgIpc) is 2.53. The van der Waals surface area contributed by atoms with Crippen molar-refractivity contribution in [2.45, 2.75) is 13.0 Å². The van der Waals surface area contributed by atoms with Gasteiger partial charge in [0.2, 0.25) is 0 Å². The van der Waals surface area contributed by atoms with Gasteiger partial charge in [-0.05, 0) is 38.2 Å². The maximum atomic E-state index is 10.6. The van der Waals surface area contributed by atoms with E-state index < -0.39 is 4.92 Å². The van der Waals surface area contributed by atoms with Gasteiger partial charge in [0.25, 0.3) is 6.20 Å². The molecule has 26 heavy (non-hydrogen) atoms. The fraction of sp³-hybridized carbons (Fsp3) is 0.529. The molecule has 0 saturated carbocycles. The second kappa shape index (κ2) is 14.2. The highest BCUT2D eigenvalue weighted by Gasteiger charge is 2.02. The molecule has 0 unspecified atom stereocenters. The second-order valence-electron chi connectivity index (χ2n) is 5.76. The molecule has 148 valence electrons. The molecule has 8 nitrogen and oxygen atoms in total. The zero-order valence-corrected chi connectivity index (χ0v) is 16.4. The van der Waals surface area contributed by atoms with Crippen molar-refractivity contribution >= 4 is 12.4 Å². The van der Waals surface area contributed by atoms with E-state index in [4.69, 9.17) is 9.47 Å². The SMILES string of the molecule is COCCN/C(=C\[N+](=O)[O-])NCCCOc1cccc(CN(C)C)c1.Cl. The Balaban J connectivity index is 0.00000625. The Morgan fingerprint density at radius 1 is 1.27 bits per heavy atom. The van der Waals surface area contributed by atoms with Crippen molar-refractivity contribution in [3.8, 4) is 5.75 Å². The summed E-state index contributed by atoms with van der Waals surface area (Å²) in [5.74, 6) is 1.20. The van der Waals surface area contributed by atoms with Gasteiger partial charge < -0.3 is 25.0 Å². The quantitative estimate of drug-likeness (QED) is 0.303. The molecule has 0 saturated heterocycles. The molecule has 0 aromatic heterocycles. The first-order valence-corrected chi connectivity index (χ1v) is 8.19.